The highest BCUT2D eigenvalue weighted by molar-refractivity contribution is 4.73. The lowest BCUT2D eigenvalue weighted by Crippen LogP contribution is -2.29. The molecule has 6 nitrogen and oxygen atoms in total. The summed E-state index contributed by atoms with van der Waals surface area (Å²) in [7, 11) is 0. The molecule has 0 amide bonds. The number of hydrogen-bond donors (Lipinski definition) is 2. The smallest absolute Gasteiger partial charge is 0.243 e. The van der Waals surface area contributed by atoms with E-state index in [0.717, 1.165) is 0 Å². The van der Waals surface area contributed by atoms with Gasteiger partial charge in [0.1, 0.15) is 0 Å². The molecular weight excluding hydrogens is 114 g/mol. The van der Waals surface area contributed by atoms with Gasteiger partial charge in [0.25, 0.3) is 0 Å². The molecule has 0 fully saturated rings. The van der Waals surface area contributed by atoms with Crippen molar-refractivity contribution in [1.29, 1.82) is 0 Å². The summed E-state index contributed by atoms with van der Waals surface area (Å²) in [6.45, 7) is 0. The molecule has 0 heterocycles. The van der Waals surface area contributed by atoms with E-state index >= 15 is 0 Å². The molecule has 0 rings (SSSR count). The van der Waals surface area contributed by atoms with E-state index in [9.17, 15) is 15.2 Å². The fraction of sp³-hybridized carbons (Fsp3) is 0. The third-order valence-electron chi connectivity index (χ3n) is 0.365. The van der Waals surface area contributed by atoms with Crippen LogP contribution in [0.1, 0.15) is 0 Å². The second-order valence-corrected chi connectivity index (χ2v) is 0.923. The van der Waals surface area contributed by atoms with Crippen molar-refractivity contribution >= 4 is 0 Å². The van der Waals surface area contributed by atoms with E-state index in [4.69, 9.17) is 0 Å². The molecule has 0 aromatic heterocycles. The first kappa shape index (κ1) is 6.70. The van der Waals surface area contributed by atoms with Crippen molar-refractivity contribution in [2.75, 3.05) is 0 Å². The van der Waals surface area contributed by atoms with Crippen LogP contribution in [0.4, 0.5) is 0 Å². The molecule has 0 spiro atoms. The zero-order valence-corrected chi connectivity index (χ0v) is 3.83. The van der Waals surface area contributed by atoms with Crippen LogP contribution in [0.5, 0.6) is 0 Å². The third-order valence-corrected chi connectivity index (χ3v) is 0.365. The van der Waals surface area contributed by atoms with Crippen LogP contribution in [0, 0.1) is 10.1 Å². The summed E-state index contributed by atoms with van der Waals surface area (Å²) in [5.41, 5.74) is 1.56. The minimum absolute atomic E-state index is 0.236. The van der Waals surface area contributed by atoms with Crippen molar-refractivity contribution in [2.24, 2.45) is 5.84 Å². The second-order valence-electron chi connectivity index (χ2n) is 0.923. The lowest BCUT2D eigenvalue weighted by molar-refractivity contribution is -0.422. The van der Waals surface area contributed by atoms with Crippen LogP contribution in [-0.2, 0) is 0 Å². The van der Waals surface area contributed by atoms with Crippen molar-refractivity contribution in [3.63, 3.8) is 0 Å². The molecule has 0 atom stereocenters. The molecule has 0 aromatic rings. The molecule has 46 valence electrons. The maximum Gasteiger partial charge on any atom is 0.243 e. The van der Waals surface area contributed by atoms with E-state index in [1.54, 1.807) is 5.43 Å². The highest BCUT2D eigenvalue weighted by atomic mass is 16.6. The van der Waals surface area contributed by atoms with Gasteiger partial charge in [-0.05, 0) is 0 Å². The molecule has 0 radical (unpaired) electrons. The topological polar surface area (TPSA) is 104 Å². The molecule has 8 heavy (non-hydrogen) atoms. The number of nitro groups is 1. The molecule has 0 saturated carbocycles. The van der Waals surface area contributed by atoms with Gasteiger partial charge in [0.2, 0.25) is 6.20 Å². The fourth-order valence-electron chi connectivity index (χ4n) is 0.133. The monoisotopic (exact) mass is 118 g/mol. The van der Waals surface area contributed by atoms with E-state index in [2.05, 4.69) is 5.84 Å². The summed E-state index contributed by atoms with van der Waals surface area (Å²) >= 11 is 0. The van der Waals surface area contributed by atoms with Gasteiger partial charge in [0.15, 0.2) is 0 Å². The Labute approximate surface area is 44.7 Å². The lowest BCUT2D eigenvalue weighted by atomic mass is 10.9. The van der Waals surface area contributed by atoms with Gasteiger partial charge in [0, 0.05) is 5.88 Å². The summed E-state index contributed by atoms with van der Waals surface area (Å²) in [5.74, 6) is 3.56. The van der Waals surface area contributed by atoms with Gasteiger partial charge >= 0.3 is 0 Å². The summed E-state index contributed by atoms with van der Waals surface area (Å²) in [4.78, 5) is 8.52. The van der Waals surface area contributed by atoms with E-state index in [0.29, 0.717) is 0 Å². The normalized spacial score (nSPS) is 10.9. The zero-order valence-electron chi connectivity index (χ0n) is 3.83. The van der Waals surface area contributed by atoms with Crippen LogP contribution in [-0.4, -0.2) is 4.92 Å². The zero-order chi connectivity index (χ0) is 6.57. The quantitative estimate of drug-likeness (QED) is 0.187. The van der Waals surface area contributed by atoms with E-state index in [1.165, 1.54) is 0 Å². The molecule has 0 aromatic carbocycles. The van der Waals surface area contributed by atoms with E-state index in [1.807, 2.05) is 0 Å². The number of nitrogens with one attached hydrogen (secondary N) is 1. The Morgan fingerprint density at radius 3 is 2.50 bits per heavy atom. The predicted octanol–water partition coefficient (Wildman–Crippen LogP) is -2.11. The average molecular weight is 118 g/mol. The van der Waals surface area contributed by atoms with Crippen LogP contribution >= 0.6 is 0 Å². The second kappa shape index (κ2) is 2.80. The van der Waals surface area contributed by atoms with Gasteiger partial charge in [-0.25, -0.2) is 0 Å². The minimum atomic E-state index is -0.921. The summed E-state index contributed by atoms with van der Waals surface area (Å²) in [5, 5.41) is 19.3. The Balaban J connectivity index is 3.75. The van der Waals surface area contributed by atoms with Gasteiger partial charge in [-0.2, -0.15) is 0 Å². The van der Waals surface area contributed by atoms with E-state index < -0.39 is 10.8 Å². The molecule has 0 aliphatic carbocycles. The first-order chi connectivity index (χ1) is 3.66. The molecule has 0 unspecified atom stereocenters. The largest absolute Gasteiger partial charge is 0.855 e. The predicted molar refractivity (Wildman–Crippen MR) is 22.4 cm³/mol. The number of rotatable bonds is 2. The first-order valence-electron chi connectivity index (χ1n) is 1.65. The first-order valence-corrected chi connectivity index (χ1v) is 1.65. The summed E-state index contributed by atoms with van der Waals surface area (Å²) < 4.78 is 0. The highest BCUT2D eigenvalue weighted by Crippen LogP contribution is 1.71. The van der Waals surface area contributed by atoms with Gasteiger partial charge in [-0.3, -0.25) is 16.0 Å². The summed E-state index contributed by atoms with van der Waals surface area (Å²) in [6, 6.07) is 0. The number of nitrogens with two attached hydrogens (primary N) is 1. The maximum absolute atomic E-state index is 9.89. The van der Waals surface area contributed by atoms with Crippen LogP contribution in [0.25, 0.3) is 0 Å². The molecule has 3 N–H and O–H groups in total. The van der Waals surface area contributed by atoms with Gasteiger partial charge in [-0.1, -0.05) is 0 Å². The molecule has 0 saturated heterocycles. The highest BCUT2D eigenvalue weighted by Gasteiger charge is 1.82. The Morgan fingerprint density at radius 1 is 1.88 bits per heavy atom. The molecule has 0 bridgehead atoms. The van der Waals surface area contributed by atoms with Crippen LogP contribution in [0.2, 0.25) is 0 Å². The Morgan fingerprint density at radius 2 is 2.38 bits per heavy atom. The van der Waals surface area contributed by atoms with Crippen molar-refractivity contribution in [1.82, 2.24) is 5.43 Å². The van der Waals surface area contributed by atoms with Gasteiger partial charge in [0.05, 0.1) is 4.92 Å². The fourth-order valence-corrected chi connectivity index (χ4v) is 0.133. The van der Waals surface area contributed by atoms with Crippen LogP contribution in [0.3, 0.4) is 0 Å². The van der Waals surface area contributed by atoms with E-state index in [-0.39, 0.29) is 6.20 Å². The number of nitrogens with zero attached hydrogens (tertiary/aromatic N) is 1. The van der Waals surface area contributed by atoms with Crippen molar-refractivity contribution in [3.8, 4) is 0 Å². The van der Waals surface area contributed by atoms with Crippen molar-refractivity contribution < 1.29 is 10.0 Å². The molecule has 0 aliphatic rings. The van der Waals surface area contributed by atoms with Crippen LogP contribution in [0.15, 0.2) is 12.1 Å². The minimum Gasteiger partial charge on any atom is -0.855 e. The lowest BCUT2D eigenvalue weighted by Gasteiger charge is -2.03. The Bertz CT molecular complexity index is 120. The van der Waals surface area contributed by atoms with Crippen molar-refractivity contribution in [2.45, 2.75) is 0 Å². The molecule has 0 aliphatic heterocycles. The number of hydrogen-bond acceptors (Lipinski definition) is 5. The maximum atomic E-state index is 9.89. The molecule has 6 heteroatoms. The van der Waals surface area contributed by atoms with Gasteiger partial charge < -0.3 is 10.5 Å². The number of hydrazine groups is 1. The summed E-state index contributed by atoms with van der Waals surface area (Å²) in [6.07, 6.45) is 0.236. The third kappa shape index (κ3) is 2.91. The SMILES string of the molecule is NNC([O-])=C[N+](=O)[O-]. The van der Waals surface area contributed by atoms with Crippen molar-refractivity contribution in [3.05, 3.63) is 22.2 Å². The Kier molecular flexibility index (Phi) is 2.35. The van der Waals surface area contributed by atoms with Crippen LogP contribution < -0.4 is 16.4 Å². The molecular formula is C2H4N3O3-. The Hall–Kier alpha value is -1.30. The standard InChI is InChI=1S/C2H5N3O3/c3-4-2(6)1-5(7)8/h1,4,6H,3H2/p-1. The average Bonchev–Trinajstić information content (AvgIpc) is 1.65. The van der Waals surface area contributed by atoms with Gasteiger partial charge in [-0.15, -0.1) is 0 Å².